The van der Waals surface area contributed by atoms with Crippen LogP contribution in [0.5, 0.6) is 0 Å². The molecule has 0 aliphatic rings. The van der Waals surface area contributed by atoms with Gasteiger partial charge in [-0.2, -0.15) is 0 Å². The molecule has 0 saturated carbocycles. The van der Waals surface area contributed by atoms with Gasteiger partial charge in [0.25, 0.3) is 0 Å². The molecule has 4 N–H and O–H groups in total. The molecule has 0 spiro atoms. The monoisotopic (exact) mass is 365 g/mol. The number of hydrogen-bond donors (Lipinski definition) is 4. The van der Waals surface area contributed by atoms with Gasteiger partial charge >= 0.3 is 0 Å². The average Bonchev–Trinajstić information content (AvgIpc) is 2.67. The summed E-state index contributed by atoms with van der Waals surface area (Å²) in [6.45, 7) is 1.23. The maximum atomic E-state index is 11.2. The molecular formula is C21H35NO4. The number of aliphatic hydroxyl groups excluding tert-OH is 3. The molecule has 1 aromatic rings. The second-order valence-electron chi connectivity index (χ2n) is 6.95. The van der Waals surface area contributed by atoms with Crippen LogP contribution in [0.4, 0.5) is 0 Å². The fraction of sp³-hybridized carbons (Fsp3) is 0.667. The lowest BCUT2D eigenvalue weighted by Gasteiger charge is -2.21. The number of carbonyl (C=O) groups excluding carboxylic acids is 1. The first-order valence-electron chi connectivity index (χ1n) is 9.87. The van der Waals surface area contributed by atoms with Gasteiger partial charge in [0.2, 0.25) is 5.91 Å². The van der Waals surface area contributed by atoms with Crippen molar-refractivity contribution in [3.63, 3.8) is 0 Å². The molecule has 5 nitrogen and oxygen atoms in total. The minimum atomic E-state index is -0.849. The second kappa shape index (κ2) is 13.7. The summed E-state index contributed by atoms with van der Waals surface area (Å²) in [6.07, 6.45) is 9.16. The van der Waals surface area contributed by atoms with E-state index < -0.39 is 24.7 Å². The highest BCUT2D eigenvalue weighted by molar-refractivity contribution is 5.77. The van der Waals surface area contributed by atoms with E-state index in [1.165, 1.54) is 44.1 Å². The van der Waals surface area contributed by atoms with E-state index in [-0.39, 0.29) is 6.61 Å². The maximum Gasteiger partial charge on any atom is 0.246 e. The Morgan fingerprint density at radius 3 is 2.12 bits per heavy atom. The van der Waals surface area contributed by atoms with E-state index in [9.17, 15) is 15.0 Å². The number of nitrogens with one attached hydrogen (secondary N) is 1. The number of carbonyl (C=O) groups is 1. The van der Waals surface area contributed by atoms with Crippen molar-refractivity contribution in [3.8, 4) is 0 Å². The third-order valence-electron chi connectivity index (χ3n) is 4.72. The lowest BCUT2D eigenvalue weighted by molar-refractivity contribution is -0.125. The predicted octanol–water partition coefficient (Wildman–Crippen LogP) is 2.35. The summed E-state index contributed by atoms with van der Waals surface area (Å²) < 4.78 is 0. The SMILES string of the molecule is CCCCCCCCc1ccc(CCC(O)C(CO)NC(=O)CO)cc1. The minimum absolute atomic E-state index is 0.357. The fourth-order valence-electron chi connectivity index (χ4n) is 3.01. The summed E-state index contributed by atoms with van der Waals surface area (Å²) in [6, 6.07) is 7.70. The van der Waals surface area contributed by atoms with Crippen LogP contribution in [0.15, 0.2) is 24.3 Å². The van der Waals surface area contributed by atoms with Gasteiger partial charge in [0, 0.05) is 0 Å². The Hall–Kier alpha value is -1.43. The van der Waals surface area contributed by atoms with Gasteiger partial charge < -0.3 is 20.6 Å². The summed E-state index contributed by atoms with van der Waals surface area (Å²) in [4.78, 5) is 11.2. The van der Waals surface area contributed by atoms with Crippen molar-refractivity contribution in [2.24, 2.45) is 0 Å². The van der Waals surface area contributed by atoms with Gasteiger partial charge in [0.05, 0.1) is 18.8 Å². The van der Waals surface area contributed by atoms with Crippen molar-refractivity contribution in [1.82, 2.24) is 5.32 Å². The molecule has 0 aliphatic heterocycles. The van der Waals surface area contributed by atoms with Crippen LogP contribution in [0, 0.1) is 0 Å². The van der Waals surface area contributed by atoms with Crippen LogP contribution in [0.25, 0.3) is 0 Å². The van der Waals surface area contributed by atoms with E-state index in [0.29, 0.717) is 12.8 Å². The molecule has 26 heavy (non-hydrogen) atoms. The molecule has 0 heterocycles. The molecule has 0 saturated heterocycles. The third kappa shape index (κ3) is 9.32. The van der Waals surface area contributed by atoms with E-state index in [1.54, 1.807) is 0 Å². The van der Waals surface area contributed by atoms with Crippen molar-refractivity contribution < 1.29 is 20.1 Å². The largest absolute Gasteiger partial charge is 0.394 e. The van der Waals surface area contributed by atoms with Crippen molar-refractivity contribution in [1.29, 1.82) is 0 Å². The van der Waals surface area contributed by atoms with Crippen LogP contribution in [0.3, 0.4) is 0 Å². The lowest BCUT2D eigenvalue weighted by atomic mass is 9.99. The highest BCUT2D eigenvalue weighted by atomic mass is 16.3. The number of benzene rings is 1. The Morgan fingerprint density at radius 2 is 1.54 bits per heavy atom. The van der Waals surface area contributed by atoms with Crippen LogP contribution in [-0.4, -0.2) is 46.6 Å². The highest BCUT2D eigenvalue weighted by Gasteiger charge is 2.19. The summed E-state index contributed by atoms with van der Waals surface area (Å²) >= 11 is 0. The first-order valence-corrected chi connectivity index (χ1v) is 9.87. The first-order chi connectivity index (χ1) is 12.6. The molecule has 148 valence electrons. The van der Waals surface area contributed by atoms with Crippen LogP contribution < -0.4 is 5.32 Å². The Morgan fingerprint density at radius 1 is 0.962 bits per heavy atom. The van der Waals surface area contributed by atoms with Gasteiger partial charge in [-0.15, -0.1) is 0 Å². The molecule has 0 aliphatic carbocycles. The number of aryl methyl sites for hydroxylation is 2. The highest BCUT2D eigenvalue weighted by Crippen LogP contribution is 2.13. The van der Waals surface area contributed by atoms with E-state index in [2.05, 4.69) is 36.5 Å². The first kappa shape index (κ1) is 22.6. The van der Waals surface area contributed by atoms with Crippen LogP contribution in [0.1, 0.15) is 63.0 Å². The van der Waals surface area contributed by atoms with Crippen molar-refractivity contribution in [3.05, 3.63) is 35.4 Å². The number of unbranched alkanes of at least 4 members (excludes halogenated alkanes) is 5. The molecule has 2 atom stereocenters. The van der Waals surface area contributed by atoms with Crippen LogP contribution >= 0.6 is 0 Å². The van der Waals surface area contributed by atoms with Gasteiger partial charge in [-0.1, -0.05) is 63.3 Å². The molecule has 1 amide bonds. The zero-order chi connectivity index (χ0) is 19.2. The summed E-state index contributed by atoms with van der Waals surface area (Å²) in [5, 5.41) is 30.5. The average molecular weight is 366 g/mol. The Labute approximate surface area is 157 Å². The standard InChI is InChI=1S/C21H35NO4/c1-2-3-4-5-6-7-8-17-9-11-18(12-10-17)13-14-20(25)19(15-23)22-21(26)16-24/h9-12,19-20,23-25H,2-8,13-16H2,1H3,(H,22,26). The van der Waals surface area contributed by atoms with Crippen molar-refractivity contribution in [2.75, 3.05) is 13.2 Å². The van der Waals surface area contributed by atoms with Gasteiger partial charge in [0.1, 0.15) is 6.61 Å². The van der Waals surface area contributed by atoms with E-state index >= 15 is 0 Å². The molecule has 0 fully saturated rings. The molecule has 5 heteroatoms. The Bertz CT molecular complexity index is 489. The van der Waals surface area contributed by atoms with Gasteiger partial charge in [0.15, 0.2) is 0 Å². The van der Waals surface area contributed by atoms with Gasteiger partial charge in [-0.25, -0.2) is 0 Å². The predicted molar refractivity (Wildman–Crippen MR) is 104 cm³/mol. The molecule has 0 aromatic heterocycles. The normalized spacial score (nSPS) is 13.4. The number of hydrogen-bond acceptors (Lipinski definition) is 4. The minimum Gasteiger partial charge on any atom is -0.394 e. The van der Waals surface area contributed by atoms with Crippen LogP contribution in [0.2, 0.25) is 0 Å². The summed E-state index contributed by atoms with van der Waals surface area (Å²) in [7, 11) is 0. The molecule has 0 radical (unpaired) electrons. The summed E-state index contributed by atoms with van der Waals surface area (Å²) in [5.74, 6) is -0.595. The third-order valence-corrected chi connectivity index (χ3v) is 4.72. The molecule has 2 unspecified atom stereocenters. The van der Waals surface area contributed by atoms with Gasteiger partial charge in [-0.3, -0.25) is 4.79 Å². The van der Waals surface area contributed by atoms with Crippen molar-refractivity contribution in [2.45, 2.75) is 76.9 Å². The zero-order valence-electron chi connectivity index (χ0n) is 16.0. The van der Waals surface area contributed by atoms with E-state index in [0.717, 1.165) is 12.0 Å². The number of aliphatic hydroxyl groups is 3. The smallest absolute Gasteiger partial charge is 0.246 e. The number of rotatable bonds is 14. The topological polar surface area (TPSA) is 89.8 Å². The summed E-state index contributed by atoms with van der Waals surface area (Å²) in [5.41, 5.74) is 2.47. The maximum absolute atomic E-state index is 11.2. The van der Waals surface area contributed by atoms with E-state index in [4.69, 9.17) is 5.11 Å². The Balaban J connectivity index is 2.31. The molecule has 1 aromatic carbocycles. The number of amides is 1. The molecule has 0 bridgehead atoms. The fourth-order valence-corrected chi connectivity index (χ4v) is 3.01. The second-order valence-corrected chi connectivity index (χ2v) is 6.95. The van der Waals surface area contributed by atoms with E-state index in [1.807, 2.05) is 0 Å². The molecular weight excluding hydrogens is 330 g/mol. The Kier molecular flexibility index (Phi) is 11.9. The van der Waals surface area contributed by atoms with Crippen LogP contribution in [-0.2, 0) is 17.6 Å². The lowest BCUT2D eigenvalue weighted by Crippen LogP contribution is -2.47. The zero-order valence-corrected chi connectivity index (χ0v) is 16.0. The van der Waals surface area contributed by atoms with Crippen molar-refractivity contribution >= 4 is 5.91 Å². The van der Waals surface area contributed by atoms with Gasteiger partial charge in [-0.05, 0) is 36.8 Å². The quantitative estimate of drug-likeness (QED) is 0.381. The molecule has 1 rings (SSSR count).